The molecule has 2 atom stereocenters. The van der Waals surface area contributed by atoms with Gasteiger partial charge in [-0.25, -0.2) is 0 Å². The van der Waals surface area contributed by atoms with Gasteiger partial charge in [-0.2, -0.15) is 10.3 Å². The van der Waals surface area contributed by atoms with Crippen molar-refractivity contribution >= 4 is 35.9 Å². The van der Waals surface area contributed by atoms with E-state index >= 15 is 0 Å². The van der Waals surface area contributed by atoms with Crippen LogP contribution in [0.1, 0.15) is 48.6 Å². The van der Waals surface area contributed by atoms with Crippen molar-refractivity contribution in [2.24, 2.45) is 7.05 Å². The highest BCUT2D eigenvalue weighted by Crippen LogP contribution is 2.36. The number of hydrogen-bond acceptors (Lipinski definition) is 7. The summed E-state index contributed by atoms with van der Waals surface area (Å²) in [7, 11) is 2.00. The Balaban J connectivity index is 0.00000304. The second kappa shape index (κ2) is 11.7. The first kappa shape index (κ1) is 26.5. The number of H-pyrrole nitrogens is 1. The van der Waals surface area contributed by atoms with E-state index in [1.54, 1.807) is 0 Å². The van der Waals surface area contributed by atoms with Gasteiger partial charge in [-0.05, 0) is 68.0 Å². The number of nitrogens with zero attached hydrogens (tertiary/aromatic N) is 6. The number of tetrazole rings is 1. The number of carbonyl (C=O) groups excluding carboxylic acids is 1. The summed E-state index contributed by atoms with van der Waals surface area (Å²) in [6.45, 7) is 3.10. The molecule has 1 aliphatic heterocycles. The number of nitrogens with one attached hydrogen (secondary N) is 2. The number of ether oxygens (including phenoxy) is 1. The summed E-state index contributed by atoms with van der Waals surface area (Å²) in [4.78, 5) is 15.3. The molecule has 1 aromatic carbocycles. The quantitative estimate of drug-likeness (QED) is 0.498. The minimum absolute atomic E-state index is 0. The van der Waals surface area contributed by atoms with E-state index in [0.717, 1.165) is 37.1 Å². The molecule has 0 bridgehead atoms. The molecule has 2 aromatic heterocycles. The maximum Gasteiger partial charge on any atom is 0.269 e. The summed E-state index contributed by atoms with van der Waals surface area (Å²) in [6.07, 6.45) is 4.56. The van der Waals surface area contributed by atoms with Crippen LogP contribution in [0, 0.1) is 6.92 Å². The SMILES string of the molecule is Cc1cc(C2CCC(N3C[C@H](C(=O)Nc4nn[nH]n4)OC[C@@H]3Cc3ccc(Cl)cc3)CC2)nn1C.Cl. The number of morpholine rings is 1. The van der Waals surface area contributed by atoms with Crippen LogP contribution in [0.15, 0.2) is 30.3 Å². The van der Waals surface area contributed by atoms with Crippen LogP contribution < -0.4 is 5.32 Å². The lowest BCUT2D eigenvalue weighted by Crippen LogP contribution is -2.57. The van der Waals surface area contributed by atoms with Gasteiger partial charge in [0.05, 0.1) is 12.3 Å². The molecule has 1 saturated carbocycles. The summed E-state index contributed by atoms with van der Waals surface area (Å²) < 4.78 is 8.00. The molecule has 3 aromatic rings. The fourth-order valence-corrected chi connectivity index (χ4v) is 5.41. The number of aryl methyl sites for hydroxylation is 2. The molecule has 0 radical (unpaired) electrons. The largest absolute Gasteiger partial charge is 0.365 e. The number of rotatable bonds is 6. The maximum atomic E-state index is 12.9. The zero-order valence-electron chi connectivity index (χ0n) is 20.4. The molecule has 1 saturated heterocycles. The van der Waals surface area contributed by atoms with Crippen molar-refractivity contribution < 1.29 is 9.53 Å². The van der Waals surface area contributed by atoms with E-state index in [-0.39, 0.29) is 30.3 Å². The van der Waals surface area contributed by atoms with E-state index in [0.29, 0.717) is 25.1 Å². The molecule has 2 aliphatic rings. The molecule has 1 aliphatic carbocycles. The number of aromatic amines is 1. The number of hydrogen-bond donors (Lipinski definition) is 2. The Morgan fingerprint density at radius 1 is 1.22 bits per heavy atom. The van der Waals surface area contributed by atoms with Gasteiger partial charge in [0.2, 0.25) is 0 Å². The van der Waals surface area contributed by atoms with Crippen LogP contribution in [-0.4, -0.2) is 72.6 Å². The number of anilines is 1. The molecule has 2 N–H and O–H groups in total. The van der Waals surface area contributed by atoms with Gasteiger partial charge >= 0.3 is 0 Å². The summed E-state index contributed by atoms with van der Waals surface area (Å²) in [6, 6.07) is 10.8. The molecular formula is C24H32Cl2N8O2. The highest BCUT2D eigenvalue weighted by molar-refractivity contribution is 6.30. The summed E-state index contributed by atoms with van der Waals surface area (Å²) in [5.41, 5.74) is 3.59. The molecule has 3 heterocycles. The fraction of sp³-hybridized carbons (Fsp3) is 0.542. The van der Waals surface area contributed by atoms with E-state index in [1.165, 1.54) is 17.0 Å². The van der Waals surface area contributed by atoms with Gasteiger partial charge in [0.1, 0.15) is 6.10 Å². The third kappa shape index (κ3) is 6.05. The summed E-state index contributed by atoms with van der Waals surface area (Å²) in [5.74, 6) is 0.387. The van der Waals surface area contributed by atoms with Gasteiger partial charge in [-0.1, -0.05) is 28.8 Å². The number of halogens is 2. The first-order valence-electron chi connectivity index (χ1n) is 12.1. The fourth-order valence-electron chi connectivity index (χ4n) is 5.29. The molecule has 0 unspecified atom stereocenters. The van der Waals surface area contributed by atoms with Crippen LogP contribution in [0.2, 0.25) is 5.02 Å². The first-order chi connectivity index (χ1) is 17.0. The first-order valence-corrected chi connectivity index (χ1v) is 12.5. The third-order valence-corrected chi connectivity index (χ3v) is 7.56. The van der Waals surface area contributed by atoms with Gasteiger partial charge in [-0.3, -0.25) is 19.7 Å². The molecule has 10 nitrogen and oxygen atoms in total. The lowest BCUT2D eigenvalue weighted by molar-refractivity contribution is -0.140. The van der Waals surface area contributed by atoms with Crippen LogP contribution in [-0.2, 0) is 23.0 Å². The second-order valence-corrected chi connectivity index (χ2v) is 10.0. The van der Waals surface area contributed by atoms with Gasteiger partial charge in [0, 0.05) is 42.3 Å². The molecule has 36 heavy (non-hydrogen) atoms. The molecule has 0 spiro atoms. The normalized spacial score (nSPS) is 24.8. The van der Waals surface area contributed by atoms with Gasteiger partial charge < -0.3 is 4.74 Å². The number of aromatic nitrogens is 6. The van der Waals surface area contributed by atoms with Crippen molar-refractivity contribution in [3.05, 3.63) is 52.3 Å². The van der Waals surface area contributed by atoms with E-state index in [1.807, 2.05) is 23.9 Å². The topological polar surface area (TPSA) is 114 Å². The molecule has 12 heteroatoms. The standard InChI is InChI=1S/C24H31ClN8O2.ClH/c1-15-11-21(29-32(15)2)17-5-9-19(10-6-17)33-13-22(23(34)26-24-27-30-31-28-24)35-14-20(33)12-16-3-7-18(25)8-4-16;/h3-4,7-8,11,17,19-20,22H,5-6,9-10,12-14H2,1-2H3,(H2,26,27,28,30,31,34);1H/t17?,19?,20-,22+;/m0./s1. The molecule has 194 valence electrons. The summed E-state index contributed by atoms with van der Waals surface area (Å²) >= 11 is 6.09. The zero-order valence-corrected chi connectivity index (χ0v) is 22.0. The van der Waals surface area contributed by atoms with Crippen LogP contribution >= 0.6 is 24.0 Å². The lowest BCUT2D eigenvalue weighted by atomic mass is 9.82. The predicted octanol–water partition coefficient (Wildman–Crippen LogP) is 3.29. The Kier molecular flexibility index (Phi) is 8.61. The second-order valence-electron chi connectivity index (χ2n) is 9.57. The molecule has 2 fully saturated rings. The van der Waals surface area contributed by atoms with Crippen molar-refractivity contribution in [3.63, 3.8) is 0 Å². The number of carbonyl (C=O) groups is 1. The van der Waals surface area contributed by atoms with Crippen LogP contribution in [0.5, 0.6) is 0 Å². The number of amides is 1. The van der Waals surface area contributed by atoms with Crippen molar-refractivity contribution in [3.8, 4) is 0 Å². The molecule has 1 amide bonds. The highest BCUT2D eigenvalue weighted by atomic mass is 35.5. The van der Waals surface area contributed by atoms with Gasteiger partial charge in [-0.15, -0.1) is 17.5 Å². The Bertz CT molecular complexity index is 1110. The van der Waals surface area contributed by atoms with E-state index in [2.05, 4.69) is 56.0 Å². The van der Waals surface area contributed by atoms with Crippen LogP contribution in [0.3, 0.4) is 0 Å². The van der Waals surface area contributed by atoms with Crippen LogP contribution in [0.4, 0.5) is 5.95 Å². The van der Waals surface area contributed by atoms with E-state index < -0.39 is 6.10 Å². The molecular weight excluding hydrogens is 503 g/mol. The monoisotopic (exact) mass is 534 g/mol. The Hall–Kier alpha value is -2.53. The van der Waals surface area contributed by atoms with Gasteiger partial charge in [0.15, 0.2) is 0 Å². The Morgan fingerprint density at radius 3 is 2.61 bits per heavy atom. The van der Waals surface area contributed by atoms with Crippen molar-refractivity contribution in [2.75, 3.05) is 18.5 Å². The maximum absolute atomic E-state index is 12.9. The zero-order chi connectivity index (χ0) is 24.4. The van der Waals surface area contributed by atoms with Crippen molar-refractivity contribution in [1.82, 2.24) is 35.3 Å². The highest BCUT2D eigenvalue weighted by Gasteiger charge is 2.38. The van der Waals surface area contributed by atoms with Crippen LogP contribution in [0.25, 0.3) is 0 Å². The molecule has 5 rings (SSSR count). The minimum Gasteiger partial charge on any atom is -0.365 e. The van der Waals surface area contributed by atoms with E-state index in [4.69, 9.17) is 21.4 Å². The lowest BCUT2D eigenvalue weighted by Gasteiger charge is -2.45. The number of benzene rings is 1. The van der Waals surface area contributed by atoms with Crippen molar-refractivity contribution in [2.45, 2.75) is 63.1 Å². The predicted molar refractivity (Wildman–Crippen MR) is 138 cm³/mol. The van der Waals surface area contributed by atoms with E-state index in [9.17, 15) is 4.79 Å². The smallest absolute Gasteiger partial charge is 0.269 e. The average molecular weight is 535 g/mol. The van der Waals surface area contributed by atoms with Gasteiger partial charge in [0.25, 0.3) is 11.9 Å². The Labute approximate surface area is 221 Å². The summed E-state index contributed by atoms with van der Waals surface area (Å²) in [5, 5.41) is 21.6. The third-order valence-electron chi connectivity index (χ3n) is 7.31. The minimum atomic E-state index is -0.592. The van der Waals surface area contributed by atoms with Crippen molar-refractivity contribution in [1.29, 1.82) is 0 Å². The Morgan fingerprint density at radius 2 is 1.97 bits per heavy atom. The average Bonchev–Trinajstić information content (AvgIpc) is 3.50.